The Morgan fingerprint density at radius 2 is 2.00 bits per heavy atom. The maximum absolute atomic E-state index is 14.7. The number of rotatable bonds is 3. The fraction of sp³-hybridized carbons (Fsp3) is 0.600. The third-order valence-corrected chi connectivity index (χ3v) is 5.30. The van der Waals surface area contributed by atoms with Crippen molar-refractivity contribution >= 4 is 15.9 Å². The SMILES string of the molecule is COc1c(F)c(C2(CN)CCCCC2)cc(C)c1Br. The summed E-state index contributed by atoms with van der Waals surface area (Å²) >= 11 is 3.39. The topological polar surface area (TPSA) is 35.2 Å². The van der Waals surface area contributed by atoms with Crippen LogP contribution in [0.4, 0.5) is 4.39 Å². The number of benzene rings is 1. The van der Waals surface area contributed by atoms with Crippen LogP contribution in [0.1, 0.15) is 43.2 Å². The van der Waals surface area contributed by atoms with Gasteiger partial charge in [0.2, 0.25) is 0 Å². The molecule has 0 bridgehead atoms. The molecule has 0 radical (unpaired) electrons. The molecule has 2 N–H and O–H groups in total. The molecule has 1 saturated carbocycles. The van der Waals surface area contributed by atoms with E-state index in [2.05, 4.69) is 15.9 Å². The van der Waals surface area contributed by atoms with Gasteiger partial charge >= 0.3 is 0 Å². The molecule has 2 rings (SSSR count). The molecule has 0 saturated heterocycles. The molecule has 0 amide bonds. The van der Waals surface area contributed by atoms with Crippen LogP contribution in [0.2, 0.25) is 0 Å². The number of aryl methyl sites for hydroxylation is 1. The summed E-state index contributed by atoms with van der Waals surface area (Å²) in [4.78, 5) is 0. The Morgan fingerprint density at radius 1 is 1.37 bits per heavy atom. The molecule has 1 aromatic rings. The van der Waals surface area contributed by atoms with E-state index >= 15 is 0 Å². The molecule has 1 fully saturated rings. The van der Waals surface area contributed by atoms with Gasteiger partial charge in [-0.05, 0) is 46.8 Å². The van der Waals surface area contributed by atoms with Gasteiger partial charge in [-0.3, -0.25) is 0 Å². The second-order valence-corrected chi connectivity index (χ2v) is 6.24. The quantitative estimate of drug-likeness (QED) is 0.907. The first kappa shape index (κ1) is 14.8. The molecule has 4 heteroatoms. The van der Waals surface area contributed by atoms with Crippen LogP contribution in [0.3, 0.4) is 0 Å². The summed E-state index contributed by atoms with van der Waals surface area (Å²) in [5, 5.41) is 0. The van der Waals surface area contributed by atoms with Crippen LogP contribution in [-0.2, 0) is 5.41 Å². The van der Waals surface area contributed by atoms with Crippen molar-refractivity contribution in [2.24, 2.45) is 5.73 Å². The van der Waals surface area contributed by atoms with Crippen LogP contribution in [0.5, 0.6) is 5.75 Å². The number of hydrogen-bond donors (Lipinski definition) is 1. The van der Waals surface area contributed by atoms with Crippen LogP contribution in [-0.4, -0.2) is 13.7 Å². The minimum Gasteiger partial charge on any atom is -0.492 e. The van der Waals surface area contributed by atoms with Gasteiger partial charge in [0.05, 0.1) is 11.6 Å². The summed E-state index contributed by atoms with van der Waals surface area (Å²) in [6.45, 7) is 2.46. The summed E-state index contributed by atoms with van der Waals surface area (Å²) < 4.78 is 20.6. The number of halogens is 2. The van der Waals surface area contributed by atoms with Crippen molar-refractivity contribution in [1.29, 1.82) is 0 Å². The van der Waals surface area contributed by atoms with Crippen molar-refractivity contribution in [2.45, 2.75) is 44.4 Å². The largest absolute Gasteiger partial charge is 0.492 e. The summed E-state index contributed by atoms with van der Waals surface area (Å²) in [7, 11) is 1.50. The molecule has 0 spiro atoms. The minimum atomic E-state index is -0.257. The Kier molecular flexibility index (Phi) is 4.51. The smallest absolute Gasteiger partial charge is 0.170 e. The standard InChI is InChI=1S/C15H21BrFNO/c1-10-8-11(13(17)14(19-2)12(10)16)15(9-18)6-4-3-5-7-15/h8H,3-7,9,18H2,1-2H3. The van der Waals surface area contributed by atoms with E-state index in [4.69, 9.17) is 10.5 Å². The van der Waals surface area contributed by atoms with Crippen molar-refractivity contribution in [3.05, 3.63) is 27.5 Å². The zero-order chi connectivity index (χ0) is 14.0. The van der Waals surface area contributed by atoms with Crippen LogP contribution >= 0.6 is 15.9 Å². The van der Waals surface area contributed by atoms with E-state index < -0.39 is 0 Å². The average Bonchev–Trinajstić information content (AvgIpc) is 2.44. The van der Waals surface area contributed by atoms with Crippen LogP contribution < -0.4 is 10.5 Å². The van der Waals surface area contributed by atoms with Crippen molar-refractivity contribution in [2.75, 3.05) is 13.7 Å². The molecule has 19 heavy (non-hydrogen) atoms. The Hall–Kier alpha value is -0.610. The van der Waals surface area contributed by atoms with Gasteiger partial charge in [-0.2, -0.15) is 0 Å². The lowest BCUT2D eigenvalue weighted by molar-refractivity contribution is 0.286. The van der Waals surface area contributed by atoms with Gasteiger partial charge in [-0.1, -0.05) is 25.3 Å². The van der Waals surface area contributed by atoms with Gasteiger partial charge in [-0.25, -0.2) is 4.39 Å². The van der Waals surface area contributed by atoms with E-state index in [9.17, 15) is 4.39 Å². The zero-order valence-electron chi connectivity index (χ0n) is 11.6. The fourth-order valence-electron chi connectivity index (χ4n) is 3.12. The number of hydrogen-bond acceptors (Lipinski definition) is 2. The van der Waals surface area contributed by atoms with E-state index in [-0.39, 0.29) is 11.2 Å². The van der Waals surface area contributed by atoms with E-state index in [1.165, 1.54) is 13.5 Å². The Morgan fingerprint density at radius 3 is 2.53 bits per heavy atom. The Bertz CT molecular complexity index is 470. The molecule has 0 unspecified atom stereocenters. The lowest BCUT2D eigenvalue weighted by Gasteiger charge is -2.37. The molecule has 106 valence electrons. The van der Waals surface area contributed by atoms with E-state index in [0.717, 1.165) is 36.8 Å². The third-order valence-electron chi connectivity index (χ3n) is 4.32. The maximum atomic E-state index is 14.7. The van der Waals surface area contributed by atoms with Crippen molar-refractivity contribution in [1.82, 2.24) is 0 Å². The Labute approximate surface area is 122 Å². The van der Waals surface area contributed by atoms with Crippen molar-refractivity contribution < 1.29 is 9.13 Å². The van der Waals surface area contributed by atoms with E-state index in [0.29, 0.717) is 16.8 Å². The second kappa shape index (κ2) is 5.80. The summed E-state index contributed by atoms with van der Waals surface area (Å²) in [6.07, 6.45) is 5.38. The Balaban J connectivity index is 2.57. The summed E-state index contributed by atoms with van der Waals surface area (Å²) in [6, 6.07) is 1.93. The van der Waals surface area contributed by atoms with Crippen LogP contribution in [0.15, 0.2) is 10.5 Å². The lowest BCUT2D eigenvalue weighted by atomic mass is 9.69. The van der Waals surface area contributed by atoms with Gasteiger partial charge in [0.1, 0.15) is 0 Å². The number of ether oxygens (including phenoxy) is 1. The molecule has 0 heterocycles. The van der Waals surface area contributed by atoms with Crippen molar-refractivity contribution in [3.63, 3.8) is 0 Å². The maximum Gasteiger partial charge on any atom is 0.170 e. The summed E-state index contributed by atoms with van der Waals surface area (Å²) in [5.41, 5.74) is 7.50. The van der Waals surface area contributed by atoms with Gasteiger partial charge in [0, 0.05) is 12.0 Å². The number of methoxy groups -OCH3 is 1. The highest BCUT2D eigenvalue weighted by Gasteiger charge is 2.36. The fourth-order valence-corrected chi connectivity index (χ4v) is 3.57. The van der Waals surface area contributed by atoms with Crippen LogP contribution in [0, 0.1) is 12.7 Å². The minimum absolute atomic E-state index is 0.221. The molecular formula is C15H21BrFNO. The molecule has 0 aliphatic heterocycles. The monoisotopic (exact) mass is 329 g/mol. The van der Waals surface area contributed by atoms with E-state index in [1.54, 1.807) is 0 Å². The predicted octanol–water partition coefficient (Wildman–Crippen LogP) is 4.07. The normalized spacial score (nSPS) is 18.4. The predicted molar refractivity (Wildman–Crippen MR) is 79.2 cm³/mol. The molecule has 2 nitrogen and oxygen atoms in total. The molecule has 1 aromatic carbocycles. The van der Waals surface area contributed by atoms with Gasteiger partial charge in [-0.15, -0.1) is 0 Å². The zero-order valence-corrected chi connectivity index (χ0v) is 13.1. The first-order valence-electron chi connectivity index (χ1n) is 6.79. The highest BCUT2D eigenvalue weighted by atomic mass is 79.9. The summed E-state index contributed by atoms with van der Waals surface area (Å²) in [5.74, 6) is 0.0423. The van der Waals surface area contributed by atoms with E-state index in [1.807, 2.05) is 13.0 Å². The average molecular weight is 330 g/mol. The molecule has 0 aromatic heterocycles. The van der Waals surface area contributed by atoms with Gasteiger partial charge in [0.15, 0.2) is 11.6 Å². The van der Waals surface area contributed by atoms with Crippen molar-refractivity contribution in [3.8, 4) is 5.75 Å². The molecule has 1 aliphatic carbocycles. The first-order valence-corrected chi connectivity index (χ1v) is 7.58. The molecule has 1 aliphatic rings. The highest BCUT2D eigenvalue weighted by Crippen LogP contribution is 2.44. The third kappa shape index (κ3) is 2.52. The lowest BCUT2D eigenvalue weighted by Crippen LogP contribution is -2.38. The second-order valence-electron chi connectivity index (χ2n) is 5.45. The van der Waals surface area contributed by atoms with Crippen LogP contribution in [0.25, 0.3) is 0 Å². The molecular weight excluding hydrogens is 309 g/mol. The first-order chi connectivity index (χ1) is 9.05. The highest BCUT2D eigenvalue weighted by molar-refractivity contribution is 9.10. The van der Waals surface area contributed by atoms with Gasteiger partial charge in [0.25, 0.3) is 0 Å². The van der Waals surface area contributed by atoms with Gasteiger partial charge < -0.3 is 10.5 Å². The molecule has 0 atom stereocenters. The number of nitrogens with two attached hydrogens (primary N) is 1.